The molecule has 4 aromatic rings. The van der Waals surface area contributed by atoms with Crippen LogP contribution in [0.2, 0.25) is 0 Å². The molecular weight excluding hydrogens is 354 g/mol. The zero-order valence-corrected chi connectivity index (χ0v) is 15.1. The van der Waals surface area contributed by atoms with E-state index in [9.17, 15) is 9.90 Å². The zero-order chi connectivity index (χ0) is 19.3. The van der Waals surface area contributed by atoms with Crippen molar-refractivity contribution in [1.82, 2.24) is 4.98 Å². The Morgan fingerprint density at radius 1 is 0.786 bits per heavy atom. The van der Waals surface area contributed by atoms with Crippen LogP contribution in [0.3, 0.4) is 0 Å². The van der Waals surface area contributed by atoms with Gasteiger partial charge in [0, 0.05) is 0 Å². The van der Waals surface area contributed by atoms with Crippen LogP contribution in [0.15, 0.2) is 78.9 Å². The SMILES string of the molecule is O=C(O)c1[nH]c2cccc(OCc3ccccc3)c2c1OCc1ccccc1. The van der Waals surface area contributed by atoms with Crippen LogP contribution >= 0.6 is 0 Å². The Bertz CT molecular complexity index is 1090. The highest BCUT2D eigenvalue weighted by atomic mass is 16.5. The molecule has 0 atom stereocenters. The first kappa shape index (κ1) is 17.7. The van der Waals surface area contributed by atoms with Crippen molar-refractivity contribution >= 4 is 16.9 Å². The molecular formula is C23H19NO4. The van der Waals surface area contributed by atoms with Crippen LogP contribution in [-0.4, -0.2) is 16.1 Å². The standard InChI is InChI=1S/C23H19NO4/c25-23(26)21-22(28-15-17-10-5-2-6-11-17)20-18(24-21)12-7-13-19(20)27-14-16-8-3-1-4-9-16/h1-13,24H,14-15H2,(H,25,26). The van der Waals surface area contributed by atoms with Gasteiger partial charge in [-0.1, -0.05) is 66.7 Å². The fraction of sp³-hybridized carbons (Fsp3) is 0.0870. The van der Waals surface area contributed by atoms with Crippen molar-refractivity contribution in [3.63, 3.8) is 0 Å². The second-order valence-corrected chi connectivity index (χ2v) is 6.36. The first-order valence-electron chi connectivity index (χ1n) is 8.94. The third-order valence-corrected chi connectivity index (χ3v) is 4.42. The van der Waals surface area contributed by atoms with Crippen LogP contribution in [0.5, 0.6) is 11.5 Å². The van der Waals surface area contributed by atoms with Gasteiger partial charge in [0.1, 0.15) is 19.0 Å². The summed E-state index contributed by atoms with van der Waals surface area (Å²) in [7, 11) is 0. The molecule has 0 saturated heterocycles. The number of benzene rings is 3. The zero-order valence-electron chi connectivity index (χ0n) is 15.1. The van der Waals surface area contributed by atoms with E-state index in [1.54, 1.807) is 0 Å². The Kier molecular flexibility index (Phi) is 4.97. The molecule has 5 nitrogen and oxygen atoms in total. The van der Waals surface area contributed by atoms with E-state index >= 15 is 0 Å². The third-order valence-electron chi connectivity index (χ3n) is 4.42. The Balaban J connectivity index is 1.69. The summed E-state index contributed by atoms with van der Waals surface area (Å²) in [6.45, 7) is 0.646. The number of aromatic amines is 1. The molecule has 0 aliphatic rings. The molecule has 0 radical (unpaired) electrons. The molecule has 1 heterocycles. The summed E-state index contributed by atoms with van der Waals surface area (Å²) >= 11 is 0. The fourth-order valence-electron chi connectivity index (χ4n) is 3.07. The highest BCUT2D eigenvalue weighted by Gasteiger charge is 2.22. The summed E-state index contributed by atoms with van der Waals surface area (Å²) in [6, 6.07) is 24.9. The van der Waals surface area contributed by atoms with Gasteiger partial charge >= 0.3 is 5.97 Å². The normalized spacial score (nSPS) is 10.7. The van der Waals surface area contributed by atoms with Gasteiger partial charge in [-0.05, 0) is 23.3 Å². The minimum absolute atomic E-state index is 0.0155. The number of aromatic nitrogens is 1. The number of hydrogen-bond acceptors (Lipinski definition) is 3. The lowest BCUT2D eigenvalue weighted by Crippen LogP contribution is -2.03. The highest BCUT2D eigenvalue weighted by Crippen LogP contribution is 2.38. The lowest BCUT2D eigenvalue weighted by atomic mass is 10.2. The van der Waals surface area contributed by atoms with Crippen molar-refractivity contribution in [3.8, 4) is 11.5 Å². The van der Waals surface area contributed by atoms with E-state index in [1.165, 1.54) is 0 Å². The van der Waals surface area contributed by atoms with Gasteiger partial charge in [0.15, 0.2) is 11.4 Å². The number of aromatic carboxylic acids is 1. The van der Waals surface area contributed by atoms with Gasteiger partial charge in [0.05, 0.1) is 10.9 Å². The van der Waals surface area contributed by atoms with Gasteiger partial charge in [0.2, 0.25) is 0 Å². The second kappa shape index (κ2) is 7.88. The predicted molar refractivity (Wildman–Crippen MR) is 107 cm³/mol. The molecule has 0 fully saturated rings. The number of hydrogen-bond donors (Lipinski definition) is 2. The van der Waals surface area contributed by atoms with Crippen LogP contribution in [0.25, 0.3) is 10.9 Å². The monoisotopic (exact) mass is 373 g/mol. The van der Waals surface area contributed by atoms with Gasteiger partial charge in [-0.3, -0.25) is 0 Å². The maximum atomic E-state index is 11.7. The molecule has 5 heteroatoms. The highest BCUT2D eigenvalue weighted by molar-refractivity contribution is 6.02. The summed E-state index contributed by atoms with van der Waals surface area (Å²) in [5, 5.41) is 10.2. The van der Waals surface area contributed by atoms with E-state index in [1.807, 2.05) is 78.9 Å². The Labute approximate surface area is 162 Å². The van der Waals surface area contributed by atoms with Crippen LogP contribution < -0.4 is 9.47 Å². The summed E-state index contributed by atoms with van der Waals surface area (Å²) in [6.07, 6.45) is 0. The minimum atomic E-state index is -1.08. The average Bonchev–Trinajstić information content (AvgIpc) is 3.12. The van der Waals surface area contributed by atoms with Gasteiger partial charge in [0.25, 0.3) is 0 Å². The van der Waals surface area contributed by atoms with E-state index in [0.29, 0.717) is 23.3 Å². The average molecular weight is 373 g/mol. The quantitative estimate of drug-likeness (QED) is 0.477. The predicted octanol–water partition coefficient (Wildman–Crippen LogP) is 5.02. The molecule has 0 spiro atoms. The van der Waals surface area contributed by atoms with Crippen LogP contribution in [0.1, 0.15) is 21.6 Å². The summed E-state index contributed by atoms with van der Waals surface area (Å²) in [4.78, 5) is 14.7. The molecule has 28 heavy (non-hydrogen) atoms. The Morgan fingerprint density at radius 2 is 1.39 bits per heavy atom. The first-order valence-corrected chi connectivity index (χ1v) is 8.94. The fourth-order valence-corrected chi connectivity index (χ4v) is 3.07. The Hall–Kier alpha value is -3.73. The number of carbonyl (C=O) groups is 1. The van der Waals surface area contributed by atoms with Gasteiger partial charge in [-0.15, -0.1) is 0 Å². The molecule has 140 valence electrons. The van der Waals surface area contributed by atoms with E-state index in [2.05, 4.69) is 4.98 Å². The minimum Gasteiger partial charge on any atom is -0.488 e. The van der Waals surface area contributed by atoms with Crippen molar-refractivity contribution in [2.75, 3.05) is 0 Å². The number of H-pyrrole nitrogens is 1. The number of carboxylic acids is 1. The molecule has 0 aliphatic heterocycles. The number of ether oxygens (including phenoxy) is 2. The van der Waals surface area contributed by atoms with E-state index in [-0.39, 0.29) is 18.1 Å². The molecule has 0 amide bonds. The van der Waals surface area contributed by atoms with E-state index in [4.69, 9.17) is 9.47 Å². The second-order valence-electron chi connectivity index (χ2n) is 6.36. The molecule has 0 saturated carbocycles. The van der Waals surface area contributed by atoms with E-state index in [0.717, 1.165) is 11.1 Å². The molecule has 4 rings (SSSR count). The van der Waals surface area contributed by atoms with Crippen LogP contribution in [-0.2, 0) is 13.2 Å². The lowest BCUT2D eigenvalue weighted by Gasteiger charge is -2.11. The maximum absolute atomic E-state index is 11.7. The summed E-state index contributed by atoms with van der Waals surface area (Å²) < 4.78 is 11.9. The summed E-state index contributed by atoms with van der Waals surface area (Å²) in [5.41, 5.74) is 2.66. The lowest BCUT2D eigenvalue weighted by molar-refractivity contribution is 0.0686. The van der Waals surface area contributed by atoms with Gasteiger partial charge in [-0.25, -0.2) is 4.79 Å². The smallest absolute Gasteiger partial charge is 0.356 e. The van der Waals surface area contributed by atoms with Crippen LogP contribution in [0, 0.1) is 0 Å². The molecule has 3 aromatic carbocycles. The molecule has 1 aromatic heterocycles. The largest absolute Gasteiger partial charge is 0.488 e. The van der Waals surface area contributed by atoms with Gasteiger partial charge in [-0.2, -0.15) is 0 Å². The molecule has 0 aliphatic carbocycles. The van der Waals surface area contributed by atoms with Crippen LogP contribution in [0.4, 0.5) is 0 Å². The topological polar surface area (TPSA) is 71.5 Å². The van der Waals surface area contributed by atoms with Crippen molar-refractivity contribution in [2.24, 2.45) is 0 Å². The molecule has 0 bridgehead atoms. The number of rotatable bonds is 7. The van der Waals surface area contributed by atoms with Crippen molar-refractivity contribution in [2.45, 2.75) is 13.2 Å². The number of nitrogens with one attached hydrogen (secondary N) is 1. The Morgan fingerprint density at radius 3 is 2.00 bits per heavy atom. The van der Waals surface area contributed by atoms with Crippen molar-refractivity contribution < 1.29 is 19.4 Å². The van der Waals surface area contributed by atoms with Crippen molar-refractivity contribution in [3.05, 3.63) is 95.7 Å². The summed E-state index contributed by atoms with van der Waals surface area (Å²) in [5.74, 6) is -0.212. The van der Waals surface area contributed by atoms with Gasteiger partial charge < -0.3 is 19.6 Å². The number of carboxylic acid groups (broad SMARTS) is 1. The molecule has 0 unspecified atom stereocenters. The van der Waals surface area contributed by atoms with Crippen molar-refractivity contribution in [1.29, 1.82) is 0 Å². The maximum Gasteiger partial charge on any atom is 0.356 e. The third kappa shape index (κ3) is 3.69. The number of fused-ring (bicyclic) bond motifs is 1. The first-order chi connectivity index (χ1) is 13.7. The van der Waals surface area contributed by atoms with E-state index < -0.39 is 5.97 Å². The molecule has 2 N–H and O–H groups in total.